The number of aromatic nitrogens is 1. The minimum atomic E-state index is -0.419. The van der Waals surface area contributed by atoms with Crippen LogP contribution in [-0.2, 0) is 9.31 Å². The summed E-state index contributed by atoms with van der Waals surface area (Å²) < 4.78 is 12.0. The molecular weight excluding hydrogens is 274 g/mol. The van der Waals surface area contributed by atoms with E-state index in [-0.39, 0.29) is 17.2 Å². The maximum absolute atomic E-state index is 6.10. The van der Waals surface area contributed by atoms with Gasteiger partial charge in [-0.15, -0.1) is 0 Å². The van der Waals surface area contributed by atoms with Crippen molar-refractivity contribution in [1.29, 1.82) is 0 Å². The van der Waals surface area contributed by atoms with Gasteiger partial charge in [0.05, 0.1) is 16.9 Å². The number of hydrogen-bond donors (Lipinski definition) is 1. The maximum atomic E-state index is 6.10. The molecule has 1 N–H and O–H groups in total. The van der Waals surface area contributed by atoms with Gasteiger partial charge in [-0.3, -0.25) is 0 Å². The van der Waals surface area contributed by atoms with Gasteiger partial charge >= 0.3 is 7.12 Å². The summed E-state index contributed by atoms with van der Waals surface area (Å²) in [6.45, 7) is 12.2. The van der Waals surface area contributed by atoms with Crippen LogP contribution in [0.15, 0.2) is 12.3 Å². The Morgan fingerprint density at radius 1 is 1.20 bits per heavy atom. The zero-order chi connectivity index (χ0) is 15.1. The molecule has 0 spiro atoms. The molecule has 6 heteroatoms. The van der Waals surface area contributed by atoms with Gasteiger partial charge in [-0.1, -0.05) is 11.6 Å². The molecule has 1 aromatic heterocycles. The maximum Gasteiger partial charge on any atom is 0.496 e. The average Bonchev–Trinajstić information content (AvgIpc) is 2.50. The molecule has 0 bridgehead atoms. The molecule has 1 aliphatic heterocycles. The third-order valence-electron chi connectivity index (χ3n) is 3.83. The number of anilines is 1. The van der Waals surface area contributed by atoms with Gasteiger partial charge in [0.25, 0.3) is 0 Å². The molecule has 110 valence electrons. The molecule has 0 aromatic carbocycles. The Hall–Kier alpha value is -0.775. The van der Waals surface area contributed by atoms with Gasteiger partial charge < -0.3 is 14.6 Å². The van der Waals surface area contributed by atoms with E-state index in [4.69, 9.17) is 20.9 Å². The minimum absolute atomic E-state index is 0.280. The quantitative estimate of drug-likeness (QED) is 0.688. The van der Waals surface area contributed by atoms with E-state index < -0.39 is 7.12 Å². The predicted molar refractivity (Wildman–Crippen MR) is 83.7 cm³/mol. The van der Waals surface area contributed by atoms with E-state index in [0.717, 1.165) is 11.2 Å². The lowest BCUT2D eigenvalue weighted by molar-refractivity contribution is 0.00578. The summed E-state index contributed by atoms with van der Waals surface area (Å²) in [4.78, 5) is 4.22. The Bertz CT molecular complexity index is 490. The molecule has 1 fully saturated rings. The summed E-state index contributed by atoms with van der Waals surface area (Å²) in [5, 5.41) is 3.73. The van der Waals surface area contributed by atoms with Crippen LogP contribution >= 0.6 is 11.6 Å². The molecule has 20 heavy (non-hydrogen) atoms. The van der Waals surface area contributed by atoms with E-state index in [1.165, 1.54) is 0 Å². The zero-order valence-corrected chi connectivity index (χ0v) is 13.7. The number of hydrogen-bond acceptors (Lipinski definition) is 4. The highest BCUT2D eigenvalue weighted by atomic mass is 35.5. The second-order valence-corrected chi connectivity index (χ2v) is 6.85. The monoisotopic (exact) mass is 296 g/mol. The average molecular weight is 297 g/mol. The van der Waals surface area contributed by atoms with Crippen molar-refractivity contribution >= 4 is 29.9 Å². The normalized spacial score (nSPS) is 20.5. The van der Waals surface area contributed by atoms with Crippen LogP contribution in [0, 0.1) is 0 Å². The van der Waals surface area contributed by atoms with Crippen molar-refractivity contribution in [3.05, 3.63) is 17.4 Å². The van der Waals surface area contributed by atoms with Crippen molar-refractivity contribution in [2.24, 2.45) is 0 Å². The molecular formula is C14H22BClN2O2. The summed E-state index contributed by atoms with van der Waals surface area (Å²) in [6, 6.07) is 2.22. The van der Waals surface area contributed by atoms with Crippen LogP contribution in [-0.4, -0.2) is 29.3 Å². The number of rotatable bonds is 3. The molecule has 0 aliphatic carbocycles. The van der Waals surface area contributed by atoms with Gasteiger partial charge in [0.2, 0.25) is 0 Å². The highest BCUT2D eigenvalue weighted by Crippen LogP contribution is 2.36. The van der Waals surface area contributed by atoms with Gasteiger partial charge in [0, 0.05) is 17.7 Å². The van der Waals surface area contributed by atoms with Gasteiger partial charge in [0.15, 0.2) is 5.15 Å². The second kappa shape index (κ2) is 5.21. The van der Waals surface area contributed by atoms with E-state index in [1.54, 1.807) is 6.20 Å². The number of halogens is 1. The number of nitrogens with one attached hydrogen (secondary N) is 1. The van der Waals surface area contributed by atoms with Crippen molar-refractivity contribution in [3.63, 3.8) is 0 Å². The van der Waals surface area contributed by atoms with E-state index in [9.17, 15) is 0 Å². The first-order chi connectivity index (χ1) is 9.12. The summed E-state index contributed by atoms with van der Waals surface area (Å²) in [5.41, 5.74) is 0.955. The second-order valence-electron chi connectivity index (χ2n) is 6.49. The lowest BCUT2D eigenvalue weighted by Crippen LogP contribution is -2.41. The Labute approximate surface area is 126 Å². The largest absolute Gasteiger partial charge is 0.496 e. The number of nitrogens with zero attached hydrogens (tertiary/aromatic N) is 1. The molecule has 0 radical (unpaired) electrons. The Morgan fingerprint density at radius 3 is 2.25 bits per heavy atom. The van der Waals surface area contributed by atoms with E-state index in [0.29, 0.717) is 5.15 Å². The molecule has 0 atom stereocenters. The fraction of sp³-hybridized carbons (Fsp3) is 0.643. The van der Waals surface area contributed by atoms with E-state index in [2.05, 4.69) is 24.1 Å². The van der Waals surface area contributed by atoms with Crippen LogP contribution in [0.4, 0.5) is 5.69 Å². The van der Waals surface area contributed by atoms with Gasteiger partial charge in [0.1, 0.15) is 0 Å². The first kappa shape index (κ1) is 15.6. The van der Waals surface area contributed by atoms with E-state index >= 15 is 0 Å². The van der Waals surface area contributed by atoms with Gasteiger partial charge in [-0.2, -0.15) is 0 Å². The molecule has 0 saturated carbocycles. The third-order valence-corrected chi connectivity index (χ3v) is 4.13. The molecule has 1 saturated heterocycles. The molecule has 0 unspecified atom stereocenters. The summed E-state index contributed by atoms with van der Waals surface area (Å²) in [5.74, 6) is 0. The van der Waals surface area contributed by atoms with Crippen LogP contribution in [0.5, 0.6) is 0 Å². The van der Waals surface area contributed by atoms with Crippen LogP contribution in [0.2, 0.25) is 5.15 Å². The fourth-order valence-corrected chi connectivity index (χ4v) is 2.14. The molecule has 0 amide bonds. The lowest BCUT2D eigenvalue weighted by atomic mass is 9.80. The van der Waals surface area contributed by atoms with Crippen molar-refractivity contribution in [3.8, 4) is 0 Å². The SMILES string of the molecule is CC(C)Nc1cc(B2OC(C)(C)C(C)(C)O2)cnc1Cl. The fourth-order valence-electron chi connectivity index (χ4n) is 1.98. The van der Waals surface area contributed by atoms with Gasteiger partial charge in [-0.05, 0) is 47.6 Å². The zero-order valence-electron chi connectivity index (χ0n) is 13.0. The Kier molecular flexibility index (Phi) is 4.06. The van der Waals surface area contributed by atoms with Crippen molar-refractivity contribution < 1.29 is 9.31 Å². The first-order valence-electron chi connectivity index (χ1n) is 6.90. The Morgan fingerprint density at radius 2 is 1.75 bits per heavy atom. The molecule has 1 aromatic rings. The van der Waals surface area contributed by atoms with Gasteiger partial charge in [-0.25, -0.2) is 4.98 Å². The highest BCUT2D eigenvalue weighted by molar-refractivity contribution is 6.62. The Balaban J connectivity index is 2.27. The molecule has 2 heterocycles. The summed E-state index contributed by atoms with van der Waals surface area (Å²) >= 11 is 6.10. The van der Waals surface area contributed by atoms with Crippen LogP contribution in [0.3, 0.4) is 0 Å². The van der Waals surface area contributed by atoms with Crippen molar-refractivity contribution in [2.75, 3.05) is 5.32 Å². The topological polar surface area (TPSA) is 43.4 Å². The highest BCUT2D eigenvalue weighted by Gasteiger charge is 2.51. The van der Waals surface area contributed by atoms with Crippen molar-refractivity contribution in [1.82, 2.24) is 4.98 Å². The molecule has 4 nitrogen and oxygen atoms in total. The molecule has 1 aliphatic rings. The van der Waals surface area contributed by atoms with Crippen LogP contribution in [0.25, 0.3) is 0 Å². The predicted octanol–water partition coefficient (Wildman–Crippen LogP) is 2.85. The lowest BCUT2D eigenvalue weighted by Gasteiger charge is -2.32. The third kappa shape index (κ3) is 2.95. The first-order valence-corrected chi connectivity index (χ1v) is 7.28. The molecule has 2 rings (SSSR count). The summed E-state index contributed by atoms with van der Waals surface area (Å²) in [6.07, 6.45) is 1.70. The smallest absolute Gasteiger partial charge is 0.399 e. The van der Waals surface area contributed by atoms with Crippen molar-refractivity contribution in [2.45, 2.75) is 58.8 Å². The van der Waals surface area contributed by atoms with Crippen LogP contribution < -0.4 is 10.8 Å². The standard InChI is InChI=1S/C14H22BClN2O2/c1-9(2)18-11-7-10(8-17-12(11)16)15-19-13(3,4)14(5,6)20-15/h7-9,18H,1-6H3. The summed E-state index contributed by atoms with van der Waals surface area (Å²) in [7, 11) is -0.419. The minimum Gasteiger partial charge on any atom is -0.399 e. The van der Waals surface area contributed by atoms with E-state index in [1.807, 2.05) is 33.8 Å². The van der Waals surface area contributed by atoms with Crippen LogP contribution in [0.1, 0.15) is 41.5 Å². The number of pyridine rings is 1.